The number of carbonyl (C=O) groups excluding carboxylic acids is 1. The number of carbonyl (C=O) groups is 1. The lowest BCUT2D eigenvalue weighted by molar-refractivity contribution is -0.124. The van der Waals surface area contributed by atoms with Crippen molar-refractivity contribution in [1.82, 2.24) is 10.6 Å². The van der Waals surface area contributed by atoms with E-state index < -0.39 is 25.8 Å². The van der Waals surface area contributed by atoms with E-state index in [1.54, 1.807) is 75.7 Å². The van der Waals surface area contributed by atoms with Crippen molar-refractivity contribution in [3.63, 3.8) is 0 Å². The van der Waals surface area contributed by atoms with Gasteiger partial charge in [0.25, 0.3) is 15.9 Å². The molecule has 0 aliphatic rings. The van der Waals surface area contributed by atoms with E-state index in [0.717, 1.165) is 27.5 Å². The molecule has 0 aromatic heterocycles. The fourth-order valence-electron chi connectivity index (χ4n) is 4.71. The summed E-state index contributed by atoms with van der Waals surface area (Å²) in [5.41, 5.74) is 2.97. The molecule has 2 unspecified atom stereocenters. The third kappa shape index (κ3) is 8.81. The molecular formula is C34H38FN3O4S5. The number of rotatable bonds is 16. The van der Waals surface area contributed by atoms with Crippen molar-refractivity contribution in [3.8, 4) is 5.75 Å². The van der Waals surface area contributed by atoms with Crippen LogP contribution in [0, 0.1) is 5.82 Å². The van der Waals surface area contributed by atoms with Crippen molar-refractivity contribution in [2.75, 3.05) is 18.5 Å². The highest BCUT2D eigenvalue weighted by atomic mass is 33.1. The molecule has 47 heavy (non-hydrogen) atoms. The summed E-state index contributed by atoms with van der Waals surface area (Å²) >= 11 is 4.36. The Hall–Kier alpha value is -2.81. The highest BCUT2D eigenvalue weighted by molar-refractivity contribution is 8.77. The normalized spacial score (nSPS) is 14.1. The lowest BCUT2D eigenvalue weighted by Gasteiger charge is -2.45. The number of methoxy groups -OCH3 is 1. The molecule has 0 fully saturated rings. The van der Waals surface area contributed by atoms with E-state index in [9.17, 15) is 17.6 Å². The maximum absolute atomic E-state index is 14.9. The van der Waals surface area contributed by atoms with Crippen molar-refractivity contribution >= 4 is 65.7 Å². The summed E-state index contributed by atoms with van der Waals surface area (Å²) in [7, 11) is 2.59. The molecule has 0 heterocycles. The van der Waals surface area contributed by atoms with E-state index in [1.165, 1.54) is 38.0 Å². The number of likely N-dealkylation sites (N-methyl/N-ethyl adjacent to an activating group) is 1. The van der Waals surface area contributed by atoms with Crippen molar-refractivity contribution in [2.24, 2.45) is 0 Å². The number of para-hydroxylation sites is 1. The summed E-state index contributed by atoms with van der Waals surface area (Å²) in [4.78, 5) is 11.4. The van der Waals surface area contributed by atoms with Gasteiger partial charge >= 0.3 is 0 Å². The quantitative estimate of drug-likeness (QED) is 0.0610. The second-order valence-corrected chi connectivity index (χ2v) is 16.6. The van der Waals surface area contributed by atoms with Gasteiger partial charge in [-0.2, -0.15) is 0 Å². The maximum atomic E-state index is 14.9. The second-order valence-electron chi connectivity index (χ2n) is 10.7. The number of thiol groups is 1. The Balaban J connectivity index is 1.91. The highest BCUT2D eigenvalue weighted by Crippen LogP contribution is 2.47. The van der Waals surface area contributed by atoms with Crippen molar-refractivity contribution in [3.05, 3.63) is 126 Å². The van der Waals surface area contributed by atoms with Gasteiger partial charge in [-0.1, -0.05) is 89.2 Å². The predicted molar refractivity (Wildman–Crippen MR) is 199 cm³/mol. The summed E-state index contributed by atoms with van der Waals surface area (Å²) in [6, 6.07) is 29.3. The molecule has 0 radical (unpaired) electrons. The molecule has 250 valence electrons. The van der Waals surface area contributed by atoms with Crippen molar-refractivity contribution < 1.29 is 22.3 Å². The Morgan fingerprint density at radius 3 is 2.15 bits per heavy atom. The largest absolute Gasteiger partial charge is 0.497 e. The zero-order valence-electron chi connectivity index (χ0n) is 26.5. The number of amides is 1. The molecule has 0 aliphatic heterocycles. The average molecular weight is 732 g/mol. The van der Waals surface area contributed by atoms with Crippen LogP contribution in [-0.4, -0.2) is 38.3 Å². The number of hydrogen-bond donors (Lipinski definition) is 3. The topological polar surface area (TPSA) is 87.7 Å². The molecule has 4 aromatic carbocycles. The van der Waals surface area contributed by atoms with Gasteiger partial charge in [-0.3, -0.25) is 10.1 Å². The molecule has 13 heteroatoms. The van der Waals surface area contributed by atoms with Crippen LogP contribution in [-0.2, 0) is 27.0 Å². The lowest BCUT2D eigenvalue weighted by atomic mass is 10.0. The molecule has 4 rings (SSSR count). The lowest BCUT2D eigenvalue weighted by Crippen LogP contribution is -2.64. The third-order valence-corrected chi connectivity index (χ3v) is 14.4. The smallest absolute Gasteiger partial charge is 0.267 e. The zero-order chi connectivity index (χ0) is 34.1. The molecule has 4 aromatic rings. The number of sulfonamides is 1. The summed E-state index contributed by atoms with van der Waals surface area (Å²) in [6.07, 6.45) is 0.614. The average Bonchev–Trinajstić information content (AvgIpc) is 3.10. The highest BCUT2D eigenvalue weighted by Gasteiger charge is 2.48. The van der Waals surface area contributed by atoms with Crippen LogP contribution < -0.4 is 19.7 Å². The van der Waals surface area contributed by atoms with Gasteiger partial charge in [-0.15, -0.1) is 11.7 Å². The van der Waals surface area contributed by atoms with Crippen LogP contribution in [0.1, 0.15) is 37.0 Å². The minimum absolute atomic E-state index is 0.0791. The third-order valence-electron chi connectivity index (χ3n) is 7.59. The molecule has 2 N–H and O–H groups in total. The van der Waals surface area contributed by atoms with Crippen LogP contribution in [0.5, 0.6) is 5.75 Å². The molecular weight excluding hydrogens is 694 g/mol. The Kier molecular flexibility index (Phi) is 13.0. The van der Waals surface area contributed by atoms with Gasteiger partial charge in [-0.05, 0) is 96.8 Å². The van der Waals surface area contributed by atoms with E-state index in [4.69, 9.17) is 4.74 Å². The fourth-order valence-corrected chi connectivity index (χ4v) is 10.6. The van der Waals surface area contributed by atoms with Gasteiger partial charge < -0.3 is 10.1 Å². The van der Waals surface area contributed by atoms with Crippen LogP contribution in [0.2, 0.25) is 0 Å². The van der Waals surface area contributed by atoms with Gasteiger partial charge in [0.05, 0.1) is 17.7 Å². The summed E-state index contributed by atoms with van der Waals surface area (Å²) in [6.45, 7) is 3.53. The predicted octanol–water partition coefficient (Wildman–Crippen LogP) is 7.90. The van der Waals surface area contributed by atoms with Crippen molar-refractivity contribution in [1.29, 1.82) is 0 Å². The molecule has 7 nitrogen and oxygen atoms in total. The number of ether oxygens (including phenoxy) is 1. The molecule has 0 saturated carbocycles. The molecule has 1 amide bonds. The summed E-state index contributed by atoms with van der Waals surface area (Å²) in [5.74, 6) is 0.357. The van der Waals surface area contributed by atoms with Crippen LogP contribution >= 0.6 is 44.0 Å². The van der Waals surface area contributed by atoms with E-state index >= 15 is 0 Å². The molecule has 0 aliphatic carbocycles. The Morgan fingerprint density at radius 1 is 0.936 bits per heavy atom. The first-order valence-electron chi connectivity index (χ1n) is 14.7. The first-order valence-corrected chi connectivity index (χ1v) is 20.3. The van der Waals surface area contributed by atoms with Crippen LogP contribution in [0.15, 0.2) is 108 Å². The van der Waals surface area contributed by atoms with E-state index in [0.29, 0.717) is 23.6 Å². The standard InChI is InChI=1S/C34H38FN3O4S5/c1-5-34(37-32(39)33(2,36-3)45-43,46-44-24-26-15-19-28(35)20-16-26)38(47(40,41)30-12-7-6-8-13-30)31-14-10-9-11-27(31)23-25-17-21-29(42-4)22-18-25/h6-22,36,43H,5,23-24H2,1-4H3,(H,37,39). The van der Waals surface area contributed by atoms with E-state index in [2.05, 4.69) is 22.3 Å². The number of benzene rings is 4. The first-order chi connectivity index (χ1) is 22.5. The fraction of sp³-hybridized carbons (Fsp3) is 0.265. The van der Waals surface area contributed by atoms with Gasteiger partial charge in [0.2, 0.25) is 0 Å². The van der Waals surface area contributed by atoms with Gasteiger partial charge in [0.1, 0.15) is 11.6 Å². The van der Waals surface area contributed by atoms with Crippen LogP contribution in [0.25, 0.3) is 0 Å². The number of hydrogen-bond acceptors (Lipinski definition) is 9. The second kappa shape index (κ2) is 16.5. The molecule has 0 saturated heterocycles. The van der Waals surface area contributed by atoms with E-state index in [-0.39, 0.29) is 17.1 Å². The Morgan fingerprint density at radius 2 is 1.55 bits per heavy atom. The van der Waals surface area contributed by atoms with Gasteiger partial charge in [0, 0.05) is 5.75 Å². The summed E-state index contributed by atoms with van der Waals surface area (Å²) < 4.78 is 50.2. The van der Waals surface area contributed by atoms with Gasteiger partial charge in [0.15, 0.2) is 9.87 Å². The van der Waals surface area contributed by atoms with Crippen LogP contribution in [0.3, 0.4) is 0 Å². The Labute approximate surface area is 294 Å². The monoisotopic (exact) mass is 731 g/mol. The minimum Gasteiger partial charge on any atom is -0.497 e. The zero-order valence-corrected chi connectivity index (χ0v) is 30.6. The van der Waals surface area contributed by atoms with E-state index in [1.807, 2.05) is 43.3 Å². The molecule has 2 atom stereocenters. The number of nitrogens with one attached hydrogen (secondary N) is 2. The number of anilines is 1. The van der Waals surface area contributed by atoms with Crippen LogP contribution in [0.4, 0.5) is 10.1 Å². The van der Waals surface area contributed by atoms with Gasteiger partial charge in [-0.25, -0.2) is 17.1 Å². The first kappa shape index (κ1) is 37.0. The molecule has 0 spiro atoms. The Bertz CT molecular complexity index is 1730. The van der Waals surface area contributed by atoms with Crippen molar-refractivity contribution in [2.45, 2.75) is 47.2 Å². The maximum Gasteiger partial charge on any atom is 0.267 e. The molecule has 0 bridgehead atoms. The SMILES string of the molecule is CCC(NC(=O)C(C)(NC)SS)(SSCc1ccc(F)cc1)N(c1ccccc1Cc1ccc(OC)cc1)S(=O)(=O)c1ccccc1. The summed E-state index contributed by atoms with van der Waals surface area (Å²) in [5, 5.41) is 6.15. The minimum atomic E-state index is -4.29. The number of nitrogens with zero attached hydrogens (tertiary/aromatic N) is 1. The number of halogens is 1.